The molecular formula is C23H28N4OS. The molecule has 2 aromatic carbocycles. The Labute approximate surface area is 176 Å². The number of hydrogen-bond donors (Lipinski definition) is 1. The molecule has 0 aliphatic heterocycles. The van der Waals surface area contributed by atoms with E-state index in [0.717, 1.165) is 16.5 Å². The van der Waals surface area contributed by atoms with Crippen molar-refractivity contribution in [2.24, 2.45) is 0 Å². The van der Waals surface area contributed by atoms with Gasteiger partial charge in [0.1, 0.15) is 5.82 Å². The van der Waals surface area contributed by atoms with Crippen LogP contribution in [0, 0.1) is 6.92 Å². The Bertz CT molecular complexity index is 993. The minimum Gasteiger partial charge on any atom is -0.349 e. The van der Waals surface area contributed by atoms with Crippen molar-refractivity contribution in [1.82, 2.24) is 20.1 Å². The fraction of sp³-hybridized carbons (Fsp3) is 0.435. The zero-order valence-corrected chi connectivity index (χ0v) is 17.9. The Morgan fingerprint density at radius 3 is 2.69 bits per heavy atom. The van der Waals surface area contributed by atoms with Gasteiger partial charge in [0.05, 0.1) is 11.8 Å². The van der Waals surface area contributed by atoms with Gasteiger partial charge in [-0.1, -0.05) is 67.4 Å². The molecule has 1 unspecified atom stereocenters. The fourth-order valence-electron chi connectivity index (χ4n) is 4.18. The summed E-state index contributed by atoms with van der Waals surface area (Å²) in [6.45, 7) is 4.04. The first kappa shape index (κ1) is 20.0. The molecule has 4 rings (SSSR count). The summed E-state index contributed by atoms with van der Waals surface area (Å²) in [7, 11) is 0. The highest BCUT2D eigenvalue weighted by Crippen LogP contribution is 2.32. The van der Waals surface area contributed by atoms with E-state index in [0.29, 0.717) is 11.8 Å². The van der Waals surface area contributed by atoms with Gasteiger partial charge in [0.25, 0.3) is 0 Å². The maximum Gasteiger partial charge on any atom is 0.230 e. The van der Waals surface area contributed by atoms with Crippen molar-refractivity contribution in [2.75, 3.05) is 5.75 Å². The van der Waals surface area contributed by atoms with Gasteiger partial charge in [-0.3, -0.25) is 4.79 Å². The molecule has 0 radical (unpaired) electrons. The van der Waals surface area contributed by atoms with Gasteiger partial charge in [-0.05, 0) is 49.1 Å². The molecule has 1 heterocycles. The second-order valence-electron chi connectivity index (χ2n) is 7.88. The molecule has 1 atom stereocenters. The lowest BCUT2D eigenvalue weighted by atomic mass is 9.95. The van der Waals surface area contributed by atoms with E-state index in [1.807, 2.05) is 26.0 Å². The normalized spacial score (nSPS) is 16.1. The maximum atomic E-state index is 12.6. The van der Waals surface area contributed by atoms with Gasteiger partial charge >= 0.3 is 0 Å². The van der Waals surface area contributed by atoms with Crippen molar-refractivity contribution in [3.63, 3.8) is 0 Å². The molecule has 1 saturated carbocycles. The number of aromatic nitrogens is 3. The van der Waals surface area contributed by atoms with E-state index in [-0.39, 0.29) is 11.9 Å². The number of carbonyl (C=O) groups excluding carboxylic acids is 1. The maximum absolute atomic E-state index is 12.6. The number of amides is 1. The molecule has 1 fully saturated rings. The monoisotopic (exact) mass is 408 g/mol. The number of rotatable bonds is 6. The van der Waals surface area contributed by atoms with Crippen molar-refractivity contribution < 1.29 is 4.79 Å². The van der Waals surface area contributed by atoms with E-state index in [4.69, 9.17) is 0 Å². The van der Waals surface area contributed by atoms with Crippen LogP contribution in [0.4, 0.5) is 0 Å². The molecule has 0 spiro atoms. The molecule has 0 saturated heterocycles. The van der Waals surface area contributed by atoms with E-state index < -0.39 is 0 Å². The van der Waals surface area contributed by atoms with Crippen LogP contribution in [0.15, 0.2) is 47.6 Å². The molecule has 1 N–H and O–H groups in total. The van der Waals surface area contributed by atoms with E-state index in [2.05, 4.69) is 50.4 Å². The Morgan fingerprint density at radius 2 is 1.90 bits per heavy atom. The van der Waals surface area contributed by atoms with Crippen LogP contribution in [-0.2, 0) is 4.79 Å². The van der Waals surface area contributed by atoms with Gasteiger partial charge in [0.15, 0.2) is 5.16 Å². The third kappa shape index (κ3) is 4.64. The van der Waals surface area contributed by atoms with E-state index in [1.54, 1.807) is 0 Å². The number of thioether (sulfide) groups is 1. The third-order valence-electron chi connectivity index (χ3n) is 5.76. The molecular weight excluding hydrogens is 380 g/mol. The van der Waals surface area contributed by atoms with Gasteiger partial charge in [-0.15, -0.1) is 10.2 Å². The summed E-state index contributed by atoms with van der Waals surface area (Å²) in [5, 5.41) is 15.0. The zero-order chi connectivity index (χ0) is 20.2. The van der Waals surface area contributed by atoms with E-state index in [9.17, 15) is 4.79 Å². The van der Waals surface area contributed by atoms with E-state index in [1.165, 1.54) is 54.6 Å². The summed E-state index contributed by atoms with van der Waals surface area (Å²) >= 11 is 1.49. The average molecular weight is 409 g/mol. The molecule has 3 aromatic rings. The molecule has 6 heteroatoms. The van der Waals surface area contributed by atoms with Crippen molar-refractivity contribution >= 4 is 28.4 Å². The van der Waals surface area contributed by atoms with Crippen LogP contribution < -0.4 is 5.32 Å². The number of benzene rings is 2. The Morgan fingerprint density at radius 1 is 1.14 bits per heavy atom. The average Bonchev–Trinajstić information content (AvgIpc) is 3.12. The number of nitrogens with zero attached hydrogens (tertiary/aromatic N) is 3. The lowest BCUT2D eigenvalue weighted by molar-refractivity contribution is -0.119. The highest BCUT2D eigenvalue weighted by molar-refractivity contribution is 7.99. The molecule has 1 aliphatic carbocycles. The van der Waals surface area contributed by atoms with Crippen LogP contribution in [0.1, 0.15) is 62.5 Å². The Kier molecular flexibility index (Phi) is 6.19. The van der Waals surface area contributed by atoms with Gasteiger partial charge in [0, 0.05) is 6.04 Å². The van der Waals surface area contributed by atoms with Gasteiger partial charge in [-0.25, -0.2) is 0 Å². The molecule has 1 amide bonds. The van der Waals surface area contributed by atoms with Crippen molar-refractivity contribution in [1.29, 1.82) is 0 Å². The smallest absolute Gasteiger partial charge is 0.230 e. The minimum atomic E-state index is -0.0364. The Hall–Kier alpha value is -2.34. The van der Waals surface area contributed by atoms with Gasteiger partial charge in [-0.2, -0.15) is 0 Å². The molecule has 29 heavy (non-hydrogen) atoms. The Balaban J connectivity index is 1.37. The van der Waals surface area contributed by atoms with Crippen LogP contribution in [0.25, 0.3) is 10.8 Å². The lowest BCUT2D eigenvalue weighted by Gasteiger charge is -2.25. The number of nitrogens with one attached hydrogen (secondary N) is 1. The third-order valence-corrected chi connectivity index (χ3v) is 6.70. The standard InChI is InChI=1S/C23H28N4OS/c1-16(19-13-12-18-8-6-7-9-20(18)14-19)24-22(28)15-29-23-26-25-17(2)27(23)21-10-4-3-5-11-21/h6-9,12-14,16,21H,3-5,10-11,15H2,1-2H3,(H,24,28). The van der Waals surface area contributed by atoms with Crippen LogP contribution in [0.3, 0.4) is 0 Å². The summed E-state index contributed by atoms with van der Waals surface area (Å²) in [6, 6.07) is 15.1. The molecule has 152 valence electrons. The van der Waals surface area contributed by atoms with Crippen LogP contribution in [-0.4, -0.2) is 26.4 Å². The van der Waals surface area contributed by atoms with Gasteiger partial charge < -0.3 is 9.88 Å². The molecule has 1 aliphatic rings. The quantitative estimate of drug-likeness (QED) is 0.569. The first-order valence-corrected chi connectivity index (χ1v) is 11.4. The molecule has 1 aromatic heterocycles. The van der Waals surface area contributed by atoms with Crippen LogP contribution >= 0.6 is 11.8 Å². The van der Waals surface area contributed by atoms with Crippen LogP contribution in [0.5, 0.6) is 0 Å². The largest absolute Gasteiger partial charge is 0.349 e. The lowest BCUT2D eigenvalue weighted by Crippen LogP contribution is -2.28. The van der Waals surface area contributed by atoms with Crippen molar-refractivity contribution in [2.45, 2.75) is 63.2 Å². The summed E-state index contributed by atoms with van der Waals surface area (Å²) < 4.78 is 2.24. The SMILES string of the molecule is Cc1nnc(SCC(=O)NC(C)c2ccc3ccccc3c2)n1C1CCCCC1. The fourth-order valence-corrected chi connectivity index (χ4v) is 5.04. The minimum absolute atomic E-state index is 0.0199. The highest BCUT2D eigenvalue weighted by Gasteiger charge is 2.22. The zero-order valence-electron chi connectivity index (χ0n) is 17.1. The van der Waals surface area contributed by atoms with Crippen molar-refractivity contribution in [3.05, 3.63) is 53.9 Å². The highest BCUT2D eigenvalue weighted by atomic mass is 32.2. The van der Waals surface area contributed by atoms with Crippen molar-refractivity contribution in [3.8, 4) is 0 Å². The second-order valence-corrected chi connectivity index (χ2v) is 8.82. The van der Waals surface area contributed by atoms with E-state index >= 15 is 0 Å². The molecule has 0 bridgehead atoms. The predicted molar refractivity (Wildman–Crippen MR) is 118 cm³/mol. The molecule has 5 nitrogen and oxygen atoms in total. The summed E-state index contributed by atoms with van der Waals surface area (Å²) in [6.07, 6.45) is 6.19. The number of hydrogen-bond acceptors (Lipinski definition) is 4. The summed E-state index contributed by atoms with van der Waals surface area (Å²) in [4.78, 5) is 12.6. The first-order valence-electron chi connectivity index (χ1n) is 10.4. The number of carbonyl (C=O) groups is 1. The second kappa shape index (κ2) is 8.99. The number of fused-ring (bicyclic) bond motifs is 1. The summed E-state index contributed by atoms with van der Waals surface area (Å²) in [5.41, 5.74) is 1.11. The first-order chi connectivity index (χ1) is 14.1. The van der Waals surface area contributed by atoms with Gasteiger partial charge in [0.2, 0.25) is 5.91 Å². The summed E-state index contributed by atoms with van der Waals surface area (Å²) in [5.74, 6) is 1.32. The predicted octanol–water partition coefficient (Wildman–Crippen LogP) is 5.21. The number of aryl methyl sites for hydroxylation is 1. The topological polar surface area (TPSA) is 59.8 Å². The van der Waals surface area contributed by atoms with Crippen LogP contribution in [0.2, 0.25) is 0 Å².